The molecule has 5 rings (SSSR count). The van der Waals surface area contributed by atoms with Crippen molar-refractivity contribution in [1.82, 2.24) is 30.2 Å². The molecule has 1 saturated carbocycles. The average Bonchev–Trinajstić information content (AvgIpc) is 3.66. The molecule has 178 valence electrons. The Kier molecular flexibility index (Phi) is 6.64. The summed E-state index contributed by atoms with van der Waals surface area (Å²) in [6.07, 6.45) is 7.75. The maximum atomic E-state index is 12.7. The van der Waals surface area contributed by atoms with Crippen LogP contribution in [0.3, 0.4) is 0 Å². The number of aryl methyl sites for hydroxylation is 1. The van der Waals surface area contributed by atoms with E-state index in [0.29, 0.717) is 40.9 Å². The number of fused-ring (bicyclic) bond motifs is 1. The predicted octanol–water partition coefficient (Wildman–Crippen LogP) is 2.94. The molecule has 34 heavy (non-hydrogen) atoms. The maximum Gasteiger partial charge on any atom is 0.226 e. The van der Waals surface area contributed by atoms with Crippen LogP contribution in [0.25, 0.3) is 11.0 Å². The number of carbonyl (C=O) groups excluding carboxylic acids is 1. The quantitative estimate of drug-likeness (QED) is 0.516. The third-order valence-corrected chi connectivity index (χ3v) is 6.52. The van der Waals surface area contributed by atoms with E-state index < -0.39 is 0 Å². The minimum atomic E-state index is 0.0924. The molecule has 0 bridgehead atoms. The topological polar surface area (TPSA) is 99.2 Å². The van der Waals surface area contributed by atoms with Crippen molar-refractivity contribution >= 4 is 34.3 Å². The Morgan fingerprint density at radius 2 is 1.88 bits per heavy atom. The van der Waals surface area contributed by atoms with Crippen LogP contribution in [0, 0.1) is 6.92 Å². The van der Waals surface area contributed by atoms with Crippen LogP contribution in [-0.2, 0) is 0 Å². The summed E-state index contributed by atoms with van der Waals surface area (Å²) in [5.41, 5.74) is 3.91. The molecule has 9 heteroatoms. The van der Waals surface area contributed by atoms with Crippen LogP contribution in [0.2, 0.25) is 0 Å². The molecule has 0 radical (unpaired) electrons. The molecule has 0 unspecified atom stereocenters. The number of benzene rings is 1. The molecule has 2 aromatic heterocycles. The molecule has 0 amide bonds. The van der Waals surface area contributed by atoms with E-state index in [-0.39, 0.29) is 5.78 Å². The van der Waals surface area contributed by atoms with Crippen LogP contribution >= 0.6 is 0 Å². The summed E-state index contributed by atoms with van der Waals surface area (Å²) in [5, 5.41) is 6.70. The second-order valence-corrected chi connectivity index (χ2v) is 9.36. The van der Waals surface area contributed by atoms with E-state index >= 15 is 0 Å². The van der Waals surface area contributed by atoms with E-state index in [9.17, 15) is 4.79 Å². The Labute approximate surface area is 200 Å². The molecular formula is C25H32N8O. The summed E-state index contributed by atoms with van der Waals surface area (Å²) in [7, 11) is 2.17. The Bertz CT molecular complexity index is 1170. The third kappa shape index (κ3) is 5.31. The number of aromatic nitrogens is 4. The van der Waals surface area contributed by atoms with Gasteiger partial charge in [0.25, 0.3) is 0 Å². The standard InChI is InChI=1S/C25H32N8O/c1-17-5-6-18(22(34)15-26-19-7-8-19)13-20(17)30-24-23-21(28-16-29-24)14-27-25(31-23)33-11-3-9-32(2)10-4-12-33/h5-6,13-14,16,19,26H,3-4,7-12,15H2,1-2H3,(H,28,29,30). The lowest BCUT2D eigenvalue weighted by Gasteiger charge is -2.28. The predicted molar refractivity (Wildman–Crippen MR) is 134 cm³/mol. The monoisotopic (exact) mass is 460 g/mol. The summed E-state index contributed by atoms with van der Waals surface area (Å²) in [6, 6.07) is 6.25. The van der Waals surface area contributed by atoms with Gasteiger partial charge in [-0.25, -0.2) is 19.9 Å². The van der Waals surface area contributed by atoms with Gasteiger partial charge in [-0.3, -0.25) is 4.79 Å². The first-order valence-electron chi connectivity index (χ1n) is 12.1. The van der Waals surface area contributed by atoms with Crippen LogP contribution in [0.4, 0.5) is 17.5 Å². The highest BCUT2D eigenvalue weighted by Gasteiger charge is 2.22. The number of hydrogen-bond acceptors (Lipinski definition) is 9. The van der Waals surface area contributed by atoms with Crippen molar-refractivity contribution < 1.29 is 4.79 Å². The molecule has 0 spiro atoms. The molecule has 9 nitrogen and oxygen atoms in total. The Hall–Kier alpha value is -3.17. The molecule has 0 atom stereocenters. The molecule has 1 aliphatic heterocycles. The highest BCUT2D eigenvalue weighted by atomic mass is 16.1. The van der Waals surface area contributed by atoms with Crippen molar-refractivity contribution in [2.75, 3.05) is 50.0 Å². The van der Waals surface area contributed by atoms with Crippen molar-refractivity contribution in [3.8, 4) is 0 Å². The largest absolute Gasteiger partial charge is 0.341 e. The highest BCUT2D eigenvalue weighted by molar-refractivity contribution is 5.99. The number of nitrogens with zero attached hydrogens (tertiary/aromatic N) is 6. The second kappa shape index (κ2) is 9.99. The molecule has 3 aromatic rings. The zero-order valence-corrected chi connectivity index (χ0v) is 19.9. The number of Topliss-reactive ketones (excluding diaryl/α,β-unsaturated/α-hetero) is 1. The Morgan fingerprint density at radius 1 is 1.09 bits per heavy atom. The highest BCUT2D eigenvalue weighted by Crippen LogP contribution is 2.26. The summed E-state index contributed by atoms with van der Waals surface area (Å²) in [5.74, 6) is 1.42. The lowest BCUT2D eigenvalue weighted by molar-refractivity contribution is 0.0990. The van der Waals surface area contributed by atoms with Crippen molar-refractivity contribution in [3.05, 3.63) is 41.9 Å². The van der Waals surface area contributed by atoms with Crippen molar-refractivity contribution in [2.24, 2.45) is 0 Å². The molecule has 1 saturated heterocycles. The van der Waals surface area contributed by atoms with Crippen molar-refractivity contribution in [3.63, 3.8) is 0 Å². The number of anilines is 3. The Balaban J connectivity index is 1.39. The van der Waals surface area contributed by atoms with Gasteiger partial charge in [0, 0.05) is 30.4 Å². The summed E-state index contributed by atoms with van der Waals surface area (Å²) < 4.78 is 0. The van der Waals surface area contributed by atoms with Crippen LogP contribution in [0.15, 0.2) is 30.7 Å². The average molecular weight is 461 g/mol. The molecule has 1 aliphatic carbocycles. The number of ketones is 1. The van der Waals surface area contributed by atoms with Gasteiger partial charge in [0.05, 0.1) is 12.7 Å². The van der Waals surface area contributed by atoms with Gasteiger partial charge in [0.2, 0.25) is 5.95 Å². The number of rotatable bonds is 7. The fraction of sp³-hybridized carbons (Fsp3) is 0.480. The fourth-order valence-electron chi connectivity index (χ4n) is 4.26. The molecule has 3 heterocycles. The molecular weight excluding hydrogens is 428 g/mol. The normalized spacial score (nSPS) is 17.4. The second-order valence-electron chi connectivity index (χ2n) is 9.36. The van der Waals surface area contributed by atoms with Gasteiger partial charge in [0.1, 0.15) is 17.4 Å². The fourth-order valence-corrected chi connectivity index (χ4v) is 4.26. The zero-order valence-electron chi connectivity index (χ0n) is 19.9. The van der Waals surface area contributed by atoms with Gasteiger partial charge in [-0.15, -0.1) is 0 Å². The Morgan fingerprint density at radius 3 is 2.65 bits per heavy atom. The third-order valence-electron chi connectivity index (χ3n) is 6.52. The van der Waals surface area contributed by atoms with Crippen LogP contribution in [-0.4, -0.2) is 76.4 Å². The minimum absolute atomic E-state index is 0.0924. The number of carbonyl (C=O) groups is 1. The van der Waals surface area contributed by atoms with Gasteiger partial charge in [-0.2, -0.15) is 0 Å². The lowest BCUT2D eigenvalue weighted by Crippen LogP contribution is -2.35. The first kappa shape index (κ1) is 22.6. The zero-order chi connectivity index (χ0) is 23.5. The van der Waals surface area contributed by atoms with E-state index in [1.165, 1.54) is 6.33 Å². The molecule has 1 aromatic carbocycles. The molecule has 2 N–H and O–H groups in total. The first-order valence-corrected chi connectivity index (χ1v) is 12.1. The van der Waals surface area contributed by atoms with E-state index in [1.54, 1.807) is 6.20 Å². The maximum absolute atomic E-state index is 12.7. The minimum Gasteiger partial charge on any atom is -0.341 e. The number of nitrogens with one attached hydrogen (secondary N) is 2. The van der Waals surface area contributed by atoms with Crippen LogP contribution < -0.4 is 15.5 Å². The lowest BCUT2D eigenvalue weighted by atomic mass is 10.1. The van der Waals surface area contributed by atoms with Gasteiger partial charge in [-0.05, 0) is 64.4 Å². The van der Waals surface area contributed by atoms with E-state index in [4.69, 9.17) is 4.98 Å². The van der Waals surface area contributed by atoms with Gasteiger partial charge in [-0.1, -0.05) is 12.1 Å². The summed E-state index contributed by atoms with van der Waals surface area (Å²) >= 11 is 0. The van der Waals surface area contributed by atoms with E-state index in [2.05, 4.69) is 42.4 Å². The summed E-state index contributed by atoms with van der Waals surface area (Å²) in [4.78, 5) is 35.6. The molecule has 2 fully saturated rings. The van der Waals surface area contributed by atoms with Crippen LogP contribution in [0.5, 0.6) is 0 Å². The van der Waals surface area contributed by atoms with Crippen molar-refractivity contribution in [2.45, 2.75) is 38.6 Å². The van der Waals surface area contributed by atoms with E-state index in [0.717, 1.165) is 63.1 Å². The van der Waals surface area contributed by atoms with Gasteiger partial charge in [0.15, 0.2) is 11.6 Å². The van der Waals surface area contributed by atoms with Crippen molar-refractivity contribution in [1.29, 1.82) is 0 Å². The SMILES string of the molecule is Cc1ccc(C(=O)CNC2CC2)cc1Nc1ncnc2cnc(N3CCCN(C)CCC3)nc12. The molecule has 2 aliphatic rings. The summed E-state index contributed by atoms with van der Waals surface area (Å²) in [6.45, 7) is 6.37. The number of hydrogen-bond donors (Lipinski definition) is 2. The first-order chi connectivity index (χ1) is 16.6. The smallest absolute Gasteiger partial charge is 0.226 e. The van der Waals surface area contributed by atoms with Gasteiger partial charge >= 0.3 is 0 Å². The van der Waals surface area contributed by atoms with E-state index in [1.807, 2.05) is 25.1 Å². The van der Waals surface area contributed by atoms with Gasteiger partial charge < -0.3 is 20.4 Å². The van der Waals surface area contributed by atoms with Crippen LogP contribution in [0.1, 0.15) is 41.6 Å².